The molecular formula is C14H15NO2. The molecule has 0 spiro atoms. The van der Waals surface area contributed by atoms with Crippen LogP contribution in [0.5, 0.6) is 0 Å². The lowest BCUT2D eigenvalue weighted by atomic mass is 9.96. The van der Waals surface area contributed by atoms with Crippen LogP contribution in [-0.4, -0.2) is 13.1 Å². The molecule has 0 aliphatic rings. The topological polar surface area (TPSA) is 52.3 Å². The summed E-state index contributed by atoms with van der Waals surface area (Å²) in [5.41, 5.74) is 7.53. The highest BCUT2D eigenvalue weighted by atomic mass is 16.5. The predicted octanol–water partition coefficient (Wildman–Crippen LogP) is 2.65. The van der Waals surface area contributed by atoms with Crippen molar-refractivity contribution in [1.29, 1.82) is 0 Å². The van der Waals surface area contributed by atoms with E-state index in [4.69, 9.17) is 10.5 Å². The van der Waals surface area contributed by atoms with Crippen LogP contribution in [0.3, 0.4) is 0 Å². The first-order valence-corrected chi connectivity index (χ1v) is 5.50. The Bertz CT molecular complexity index is 561. The van der Waals surface area contributed by atoms with Crippen LogP contribution in [0.1, 0.15) is 28.9 Å². The normalized spacial score (nSPS) is 12.4. The van der Waals surface area contributed by atoms with Crippen molar-refractivity contribution in [2.75, 3.05) is 7.11 Å². The number of hydrogen-bond acceptors (Lipinski definition) is 3. The van der Waals surface area contributed by atoms with Gasteiger partial charge in [-0.1, -0.05) is 30.3 Å². The minimum Gasteiger partial charge on any atom is -0.465 e. The van der Waals surface area contributed by atoms with Gasteiger partial charge in [0.05, 0.1) is 12.7 Å². The van der Waals surface area contributed by atoms with E-state index in [1.54, 1.807) is 6.07 Å². The number of nitrogens with two attached hydrogens (primary N) is 1. The summed E-state index contributed by atoms with van der Waals surface area (Å²) < 4.78 is 4.77. The summed E-state index contributed by atoms with van der Waals surface area (Å²) in [4.78, 5) is 11.7. The summed E-state index contributed by atoms with van der Waals surface area (Å²) in [7, 11) is 1.39. The zero-order valence-electron chi connectivity index (χ0n) is 9.94. The SMILES string of the molecule is COC(=O)c1ccc(C(C)N)c2ccccc12. The van der Waals surface area contributed by atoms with Crippen LogP contribution < -0.4 is 5.73 Å². The lowest BCUT2D eigenvalue weighted by Crippen LogP contribution is -2.08. The van der Waals surface area contributed by atoms with E-state index < -0.39 is 0 Å². The fourth-order valence-corrected chi connectivity index (χ4v) is 2.01. The molecule has 0 aromatic heterocycles. The highest BCUT2D eigenvalue weighted by Crippen LogP contribution is 2.26. The zero-order valence-corrected chi connectivity index (χ0v) is 9.94. The molecule has 0 amide bonds. The van der Waals surface area contributed by atoms with E-state index in [-0.39, 0.29) is 12.0 Å². The largest absolute Gasteiger partial charge is 0.465 e. The first-order chi connectivity index (χ1) is 8.15. The third kappa shape index (κ3) is 2.01. The summed E-state index contributed by atoms with van der Waals surface area (Å²) in [6, 6.07) is 11.3. The monoisotopic (exact) mass is 229 g/mol. The van der Waals surface area contributed by atoms with Crippen LogP contribution in [0.4, 0.5) is 0 Å². The Morgan fingerprint density at radius 1 is 1.18 bits per heavy atom. The van der Waals surface area contributed by atoms with Gasteiger partial charge < -0.3 is 10.5 Å². The van der Waals surface area contributed by atoms with Crippen molar-refractivity contribution in [1.82, 2.24) is 0 Å². The van der Waals surface area contributed by atoms with Crippen LogP contribution in [-0.2, 0) is 4.74 Å². The highest BCUT2D eigenvalue weighted by Gasteiger charge is 2.13. The summed E-state index contributed by atoms with van der Waals surface area (Å²) in [5, 5.41) is 1.89. The number of hydrogen-bond donors (Lipinski definition) is 1. The van der Waals surface area contributed by atoms with E-state index in [0.717, 1.165) is 16.3 Å². The maximum Gasteiger partial charge on any atom is 0.338 e. The average molecular weight is 229 g/mol. The molecule has 2 aromatic carbocycles. The third-order valence-electron chi connectivity index (χ3n) is 2.85. The van der Waals surface area contributed by atoms with Crippen LogP contribution in [0.15, 0.2) is 36.4 Å². The van der Waals surface area contributed by atoms with E-state index in [2.05, 4.69) is 0 Å². The van der Waals surface area contributed by atoms with Crippen LogP contribution in [0, 0.1) is 0 Å². The summed E-state index contributed by atoms with van der Waals surface area (Å²) in [5.74, 6) is -0.322. The molecule has 0 aliphatic carbocycles. The third-order valence-corrected chi connectivity index (χ3v) is 2.85. The molecule has 0 heterocycles. The van der Waals surface area contributed by atoms with Gasteiger partial charge in [-0.05, 0) is 29.3 Å². The molecule has 3 nitrogen and oxygen atoms in total. The van der Waals surface area contributed by atoms with Crippen molar-refractivity contribution in [3.63, 3.8) is 0 Å². The standard InChI is InChI=1S/C14H15NO2/c1-9(15)10-7-8-13(14(16)17-2)12-6-4-3-5-11(10)12/h3-9H,15H2,1-2H3. The second kappa shape index (κ2) is 4.55. The Kier molecular flexibility index (Phi) is 3.11. The first kappa shape index (κ1) is 11.6. The van der Waals surface area contributed by atoms with Crippen LogP contribution >= 0.6 is 0 Å². The van der Waals surface area contributed by atoms with E-state index in [1.807, 2.05) is 37.3 Å². The molecular weight excluding hydrogens is 214 g/mol. The Morgan fingerprint density at radius 2 is 1.82 bits per heavy atom. The number of rotatable bonds is 2. The maximum atomic E-state index is 11.7. The molecule has 2 N–H and O–H groups in total. The Hall–Kier alpha value is -1.87. The van der Waals surface area contributed by atoms with Gasteiger partial charge in [-0.15, -0.1) is 0 Å². The van der Waals surface area contributed by atoms with Crippen LogP contribution in [0.2, 0.25) is 0 Å². The molecule has 1 unspecified atom stereocenters. The number of benzene rings is 2. The second-order valence-electron chi connectivity index (χ2n) is 4.03. The minimum atomic E-state index is -0.322. The van der Waals surface area contributed by atoms with Crippen molar-refractivity contribution in [2.24, 2.45) is 5.73 Å². The van der Waals surface area contributed by atoms with Gasteiger partial charge >= 0.3 is 5.97 Å². The summed E-state index contributed by atoms with van der Waals surface area (Å²) in [6.07, 6.45) is 0. The lowest BCUT2D eigenvalue weighted by Gasteiger charge is -2.12. The van der Waals surface area contributed by atoms with Crippen LogP contribution in [0.25, 0.3) is 10.8 Å². The van der Waals surface area contributed by atoms with Crippen molar-refractivity contribution < 1.29 is 9.53 Å². The van der Waals surface area contributed by atoms with Gasteiger partial charge in [0.25, 0.3) is 0 Å². The van der Waals surface area contributed by atoms with E-state index in [9.17, 15) is 4.79 Å². The molecule has 3 heteroatoms. The number of methoxy groups -OCH3 is 1. The van der Waals surface area contributed by atoms with Crippen molar-refractivity contribution in [2.45, 2.75) is 13.0 Å². The van der Waals surface area contributed by atoms with Gasteiger partial charge in [0.15, 0.2) is 0 Å². The summed E-state index contributed by atoms with van der Waals surface area (Å²) in [6.45, 7) is 1.93. The van der Waals surface area contributed by atoms with Gasteiger partial charge in [0.2, 0.25) is 0 Å². The highest BCUT2D eigenvalue weighted by molar-refractivity contribution is 6.05. The van der Waals surface area contributed by atoms with Gasteiger partial charge in [-0.3, -0.25) is 0 Å². The van der Waals surface area contributed by atoms with Crippen molar-refractivity contribution in [3.8, 4) is 0 Å². The molecule has 0 radical (unpaired) electrons. The minimum absolute atomic E-state index is 0.0633. The van der Waals surface area contributed by atoms with Gasteiger partial charge in [-0.2, -0.15) is 0 Å². The molecule has 0 bridgehead atoms. The molecule has 0 saturated carbocycles. The summed E-state index contributed by atoms with van der Waals surface area (Å²) >= 11 is 0. The number of carbonyl (C=O) groups excluding carboxylic acids is 1. The molecule has 88 valence electrons. The van der Waals surface area contributed by atoms with Crippen molar-refractivity contribution in [3.05, 3.63) is 47.5 Å². The Morgan fingerprint density at radius 3 is 2.41 bits per heavy atom. The molecule has 17 heavy (non-hydrogen) atoms. The number of fused-ring (bicyclic) bond motifs is 1. The molecule has 0 saturated heterocycles. The lowest BCUT2D eigenvalue weighted by molar-refractivity contribution is 0.0603. The van der Waals surface area contributed by atoms with E-state index in [0.29, 0.717) is 5.56 Å². The fraction of sp³-hybridized carbons (Fsp3) is 0.214. The van der Waals surface area contributed by atoms with E-state index >= 15 is 0 Å². The Balaban J connectivity index is 2.75. The van der Waals surface area contributed by atoms with Crippen molar-refractivity contribution >= 4 is 16.7 Å². The molecule has 0 aliphatic heterocycles. The number of carbonyl (C=O) groups is 1. The average Bonchev–Trinajstić information content (AvgIpc) is 2.36. The molecule has 2 rings (SSSR count). The second-order valence-corrected chi connectivity index (χ2v) is 4.03. The fourth-order valence-electron chi connectivity index (χ4n) is 2.01. The predicted molar refractivity (Wildman–Crippen MR) is 67.9 cm³/mol. The number of ether oxygens (including phenoxy) is 1. The van der Waals surface area contributed by atoms with Gasteiger partial charge in [0.1, 0.15) is 0 Å². The number of esters is 1. The van der Waals surface area contributed by atoms with E-state index in [1.165, 1.54) is 7.11 Å². The van der Waals surface area contributed by atoms with Gasteiger partial charge in [0, 0.05) is 6.04 Å². The molecule has 0 fully saturated rings. The van der Waals surface area contributed by atoms with Gasteiger partial charge in [-0.25, -0.2) is 4.79 Å². The quantitative estimate of drug-likeness (QED) is 0.805. The zero-order chi connectivity index (χ0) is 12.4. The smallest absolute Gasteiger partial charge is 0.338 e. The molecule has 2 aromatic rings. The maximum absolute atomic E-state index is 11.7. The Labute approximate surface area is 100 Å². The first-order valence-electron chi connectivity index (χ1n) is 5.50. The molecule has 1 atom stereocenters.